The van der Waals surface area contributed by atoms with E-state index < -0.39 is 24.2 Å². The van der Waals surface area contributed by atoms with Crippen molar-refractivity contribution in [3.8, 4) is 0 Å². The van der Waals surface area contributed by atoms with Crippen LogP contribution >= 0.6 is 0 Å². The fourth-order valence-electron chi connectivity index (χ4n) is 6.36. The molecule has 3 aromatic rings. The predicted molar refractivity (Wildman–Crippen MR) is 140 cm³/mol. The Kier molecular flexibility index (Phi) is 6.65. The van der Waals surface area contributed by atoms with Gasteiger partial charge in [0, 0.05) is 0 Å². The minimum absolute atomic E-state index is 0.0669. The van der Waals surface area contributed by atoms with Crippen LogP contribution in [0.5, 0.6) is 0 Å². The van der Waals surface area contributed by atoms with Gasteiger partial charge in [-0.15, -0.1) is 0 Å². The summed E-state index contributed by atoms with van der Waals surface area (Å²) in [6.07, 6.45) is 5.00. The number of benzene rings is 3. The first-order chi connectivity index (χ1) is 15.2. The molecular formula is C29H38NSiZr. The summed E-state index contributed by atoms with van der Waals surface area (Å²) in [6, 6.07) is 31.8. The van der Waals surface area contributed by atoms with Gasteiger partial charge < -0.3 is 0 Å². The van der Waals surface area contributed by atoms with Crippen molar-refractivity contribution in [2.24, 2.45) is 0 Å². The first kappa shape index (κ1) is 23.6. The molecule has 1 atom stereocenters. The van der Waals surface area contributed by atoms with Crippen LogP contribution < -0.4 is 3.26 Å². The number of nitrogens with one attached hydrogen (secondary N) is 1. The molecule has 0 aromatic heterocycles. The SMILES string of the molecule is C[SiH](C)[Zr]([CH2]c1ccccc1)([CH2]c1ccccc1)([NH]C(C)(C)C)[CH]1C=Cc2ccccc21. The van der Waals surface area contributed by atoms with Gasteiger partial charge in [-0.3, -0.25) is 0 Å². The van der Waals surface area contributed by atoms with Crippen LogP contribution in [0, 0.1) is 0 Å². The minimum atomic E-state index is -3.84. The van der Waals surface area contributed by atoms with Crippen LogP contribution in [0.4, 0.5) is 0 Å². The van der Waals surface area contributed by atoms with E-state index in [1.807, 2.05) is 0 Å². The third kappa shape index (κ3) is 4.45. The van der Waals surface area contributed by atoms with Gasteiger partial charge in [0.25, 0.3) is 0 Å². The van der Waals surface area contributed by atoms with Gasteiger partial charge in [0.1, 0.15) is 0 Å². The van der Waals surface area contributed by atoms with Crippen LogP contribution in [0.1, 0.15) is 46.7 Å². The number of fused-ring (bicyclic) bond motifs is 1. The van der Waals surface area contributed by atoms with Gasteiger partial charge in [0.2, 0.25) is 0 Å². The van der Waals surface area contributed by atoms with Crippen LogP contribution in [0.3, 0.4) is 0 Å². The summed E-state index contributed by atoms with van der Waals surface area (Å²) >= 11 is -3.84. The Morgan fingerprint density at radius 2 is 1.25 bits per heavy atom. The van der Waals surface area contributed by atoms with Crippen molar-refractivity contribution in [2.75, 3.05) is 0 Å². The average molecular weight is 520 g/mol. The predicted octanol–water partition coefficient (Wildman–Crippen LogP) is 7.13. The molecule has 167 valence electrons. The zero-order valence-corrected chi connectivity index (χ0v) is 23.9. The van der Waals surface area contributed by atoms with Gasteiger partial charge in [0.15, 0.2) is 0 Å². The van der Waals surface area contributed by atoms with Gasteiger partial charge in [0.05, 0.1) is 0 Å². The van der Waals surface area contributed by atoms with Crippen LogP contribution in [-0.2, 0) is 26.5 Å². The normalized spacial score (nSPS) is 17.2. The monoisotopic (exact) mass is 518 g/mol. The second-order valence-electron chi connectivity index (χ2n) is 11.2. The Labute approximate surface area is 197 Å². The average Bonchev–Trinajstić information content (AvgIpc) is 3.19. The zero-order chi connectivity index (χ0) is 22.8. The molecule has 0 radical (unpaired) electrons. The summed E-state index contributed by atoms with van der Waals surface area (Å²) in [5.41, 5.74) is 6.05. The molecule has 0 saturated heterocycles. The first-order valence-electron chi connectivity index (χ1n) is 12.0. The van der Waals surface area contributed by atoms with Gasteiger partial charge in [-0.1, -0.05) is 0 Å². The van der Waals surface area contributed by atoms with Gasteiger partial charge in [-0.05, 0) is 0 Å². The molecule has 3 aromatic carbocycles. The molecule has 1 N–H and O–H groups in total. The molecule has 1 nitrogen and oxygen atoms in total. The van der Waals surface area contributed by atoms with Crippen molar-refractivity contribution in [3.63, 3.8) is 0 Å². The van der Waals surface area contributed by atoms with E-state index in [4.69, 9.17) is 0 Å². The fourth-order valence-corrected chi connectivity index (χ4v) is 45.5. The molecule has 0 bridgehead atoms. The number of hydrogen-bond acceptors (Lipinski definition) is 1. The molecule has 3 heteroatoms. The first-order valence-corrected chi connectivity index (χ1v) is 25.3. The summed E-state index contributed by atoms with van der Waals surface area (Å²) < 4.78 is 7.56. The topological polar surface area (TPSA) is 12.0 Å². The van der Waals surface area contributed by atoms with Crippen LogP contribution in [-0.4, -0.2) is 11.5 Å². The van der Waals surface area contributed by atoms with E-state index in [2.05, 4.69) is 134 Å². The molecule has 0 amide bonds. The Hall–Kier alpha value is -1.54. The van der Waals surface area contributed by atoms with Gasteiger partial charge in [-0.25, -0.2) is 0 Å². The van der Waals surface area contributed by atoms with Crippen molar-refractivity contribution < 1.29 is 18.2 Å². The number of rotatable bonds is 7. The maximum atomic E-state index is 4.58. The van der Waals surface area contributed by atoms with Crippen LogP contribution in [0.15, 0.2) is 91.0 Å². The maximum absolute atomic E-state index is 4.58. The Bertz CT molecular complexity index is 1040. The summed E-state index contributed by atoms with van der Waals surface area (Å²) in [6.45, 7) is 12.4. The number of allylic oxidation sites excluding steroid dienone is 1. The van der Waals surface area contributed by atoms with Crippen LogP contribution in [0.2, 0.25) is 13.1 Å². The third-order valence-corrected chi connectivity index (χ3v) is 51.7. The Balaban J connectivity index is 2.02. The Morgan fingerprint density at radius 1 is 0.750 bits per heavy atom. The second-order valence-corrected chi connectivity index (χ2v) is 43.6. The van der Waals surface area contributed by atoms with E-state index in [-0.39, 0.29) is 5.54 Å². The second kappa shape index (κ2) is 9.01. The molecule has 0 spiro atoms. The van der Waals surface area contributed by atoms with Crippen molar-refractivity contribution >= 4 is 12.0 Å². The Morgan fingerprint density at radius 3 is 1.75 bits per heavy atom. The molecular weight excluding hydrogens is 482 g/mol. The molecule has 4 rings (SSSR count). The molecule has 1 aliphatic carbocycles. The molecule has 32 heavy (non-hydrogen) atoms. The fraction of sp³-hybridized carbons (Fsp3) is 0.310. The van der Waals surface area contributed by atoms with Crippen molar-refractivity contribution in [3.05, 3.63) is 113 Å². The molecule has 0 heterocycles. The van der Waals surface area contributed by atoms with Crippen molar-refractivity contribution in [1.29, 1.82) is 0 Å². The molecule has 1 aliphatic rings. The van der Waals surface area contributed by atoms with Crippen molar-refractivity contribution in [2.45, 2.75) is 51.3 Å². The summed E-state index contributed by atoms with van der Waals surface area (Å²) in [5, 5.41) is 0. The summed E-state index contributed by atoms with van der Waals surface area (Å²) in [7, 11) is 0. The van der Waals surface area contributed by atoms with E-state index in [9.17, 15) is 0 Å². The van der Waals surface area contributed by atoms with Crippen LogP contribution in [0.25, 0.3) is 6.08 Å². The molecule has 1 unspecified atom stereocenters. The quantitative estimate of drug-likeness (QED) is 0.327. The van der Waals surface area contributed by atoms with E-state index in [0.717, 1.165) is 0 Å². The standard InChI is InChI=1S/C9H7.2C7H7.C4H10N.C2H7Si.Zr/c1-2-5-9-7-3-6-8(9)4-1;2*1-7-5-3-2-4-6-7;1-4(2,3)5;1-3-2;/h1-7H;2*2-6H,1H2;5H,1-3H3;3H,1-2H3;/q;;;-1;;+1. The van der Waals surface area contributed by atoms with E-state index in [0.29, 0.717) is 3.63 Å². The summed E-state index contributed by atoms with van der Waals surface area (Å²) in [5.74, 6) is -1.16. The third-order valence-electron chi connectivity index (χ3n) is 7.64. The van der Waals surface area contributed by atoms with E-state index >= 15 is 0 Å². The molecule has 0 fully saturated rings. The number of hydrogen-bond donors (Lipinski definition) is 1. The van der Waals surface area contributed by atoms with Gasteiger partial charge in [-0.2, -0.15) is 0 Å². The summed E-state index contributed by atoms with van der Waals surface area (Å²) in [4.78, 5) is 0. The molecule has 0 saturated carbocycles. The zero-order valence-electron chi connectivity index (χ0n) is 20.3. The van der Waals surface area contributed by atoms with Gasteiger partial charge >= 0.3 is 198 Å². The van der Waals surface area contributed by atoms with Crippen molar-refractivity contribution in [1.82, 2.24) is 3.26 Å². The van der Waals surface area contributed by atoms with E-state index in [1.54, 1.807) is 5.56 Å². The molecule has 0 aliphatic heterocycles. The van der Waals surface area contributed by atoms with E-state index in [1.165, 1.54) is 24.9 Å².